The summed E-state index contributed by atoms with van der Waals surface area (Å²) in [6.07, 6.45) is 0.795. The summed E-state index contributed by atoms with van der Waals surface area (Å²) in [6, 6.07) is 11.0. The average Bonchev–Trinajstić information content (AvgIpc) is 2.85. The summed E-state index contributed by atoms with van der Waals surface area (Å²) in [4.78, 5) is 17.5. The van der Waals surface area contributed by atoms with Crippen LogP contribution in [-0.2, 0) is 35.8 Å². The third-order valence-corrected chi connectivity index (χ3v) is 5.81. The first-order valence-electron chi connectivity index (χ1n) is 12.2. The van der Waals surface area contributed by atoms with Crippen molar-refractivity contribution < 1.29 is 28.8 Å². The molecule has 1 unspecified atom stereocenters. The lowest BCUT2D eigenvalue weighted by molar-refractivity contribution is -0.240. The van der Waals surface area contributed by atoms with E-state index in [2.05, 4.69) is 10.3 Å². The molecule has 2 aromatic rings. The van der Waals surface area contributed by atoms with E-state index in [1.807, 2.05) is 65.0 Å². The zero-order valence-corrected chi connectivity index (χ0v) is 21.4. The number of aromatic nitrogens is 1. The van der Waals surface area contributed by atoms with Crippen LogP contribution in [0.5, 0.6) is 0 Å². The summed E-state index contributed by atoms with van der Waals surface area (Å²) in [5, 5.41) is 15.3. The zero-order chi connectivity index (χ0) is 25.5. The Morgan fingerprint density at radius 3 is 2.31 bits per heavy atom. The number of benzene rings is 1. The van der Waals surface area contributed by atoms with Gasteiger partial charge in [0.2, 0.25) is 12.2 Å². The van der Waals surface area contributed by atoms with Crippen molar-refractivity contribution in [2.75, 3.05) is 31.7 Å². The molecule has 1 aromatic heterocycles. The molecule has 3 rings (SSSR count). The highest BCUT2D eigenvalue weighted by molar-refractivity contribution is 5.95. The number of carbonyl (C=O) groups excluding carboxylic acids is 1. The maximum absolute atomic E-state index is 12.9. The first-order chi connectivity index (χ1) is 16.7. The average molecular weight is 487 g/mol. The number of carbonyl (C=O) groups is 1. The fraction of sp³-hybridized carbons (Fsp3) is 0.556. The lowest BCUT2D eigenvalue weighted by Crippen LogP contribution is -2.45. The van der Waals surface area contributed by atoms with E-state index >= 15 is 0 Å². The van der Waals surface area contributed by atoms with Crippen LogP contribution >= 0.6 is 0 Å². The summed E-state index contributed by atoms with van der Waals surface area (Å²) in [7, 11) is 0. The van der Waals surface area contributed by atoms with Gasteiger partial charge in [0.15, 0.2) is 6.29 Å². The van der Waals surface area contributed by atoms with Gasteiger partial charge in [-0.3, -0.25) is 9.78 Å². The second kappa shape index (κ2) is 12.1. The van der Waals surface area contributed by atoms with Crippen LogP contribution in [0.3, 0.4) is 0 Å². The first kappa shape index (κ1) is 27.2. The predicted molar refractivity (Wildman–Crippen MR) is 133 cm³/mol. The molecule has 2 heterocycles. The SMILES string of the molecule is CCOC(OCC)C(O)(Cc1c(NC(=O)C(C)(C)C)ccnc1C1OCCCO1)c1ccccc1. The summed E-state index contributed by atoms with van der Waals surface area (Å²) in [5.41, 5.74) is 0.0772. The van der Waals surface area contributed by atoms with Crippen molar-refractivity contribution >= 4 is 11.6 Å². The molecule has 1 saturated heterocycles. The van der Waals surface area contributed by atoms with Crippen LogP contribution in [0.1, 0.15) is 64.2 Å². The third-order valence-electron chi connectivity index (χ3n) is 5.81. The van der Waals surface area contributed by atoms with Crippen LogP contribution in [0.4, 0.5) is 5.69 Å². The van der Waals surface area contributed by atoms with Gasteiger partial charge < -0.3 is 29.4 Å². The number of rotatable bonds is 10. The normalized spacial score (nSPS) is 16.8. The quantitative estimate of drug-likeness (QED) is 0.482. The number of pyridine rings is 1. The van der Waals surface area contributed by atoms with E-state index in [4.69, 9.17) is 18.9 Å². The maximum Gasteiger partial charge on any atom is 0.229 e. The van der Waals surface area contributed by atoms with E-state index < -0.39 is 23.6 Å². The maximum atomic E-state index is 12.9. The van der Waals surface area contributed by atoms with Crippen LogP contribution in [0.25, 0.3) is 0 Å². The number of hydrogen-bond acceptors (Lipinski definition) is 7. The van der Waals surface area contributed by atoms with Crippen LogP contribution < -0.4 is 5.32 Å². The standard InChI is InChI=1S/C27H38N2O6/c1-6-32-25(33-7-2)27(31,19-12-9-8-10-13-19)18-20-21(29-24(30)26(3,4)5)14-15-28-22(20)23-34-16-11-17-35-23/h8-10,12-15,23,25,31H,6-7,11,16-18H2,1-5H3,(H,28,29,30). The molecular weight excluding hydrogens is 448 g/mol. The van der Waals surface area contributed by atoms with E-state index in [0.29, 0.717) is 48.9 Å². The Balaban J connectivity index is 2.14. The van der Waals surface area contributed by atoms with Crippen molar-refractivity contribution in [1.82, 2.24) is 4.98 Å². The zero-order valence-electron chi connectivity index (χ0n) is 21.4. The van der Waals surface area contributed by atoms with Crippen LogP contribution in [0, 0.1) is 5.41 Å². The van der Waals surface area contributed by atoms with Crippen molar-refractivity contribution in [3.63, 3.8) is 0 Å². The van der Waals surface area contributed by atoms with Gasteiger partial charge in [-0.15, -0.1) is 0 Å². The van der Waals surface area contributed by atoms with Crippen LogP contribution in [-0.4, -0.2) is 48.7 Å². The van der Waals surface area contributed by atoms with Gasteiger partial charge in [-0.1, -0.05) is 51.1 Å². The second-order valence-electron chi connectivity index (χ2n) is 9.56. The smallest absolute Gasteiger partial charge is 0.229 e. The number of amides is 1. The van der Waals surface area contributed by atoms with Gasteiger partial charge in [0.05, 0.1) is 13.2 Å². The minimum Gasteiger partial charge on any atom is -0.379 e. The Labute approximate surface area is 208 Å². The largest absolute Gasteiger partial charge is 0.379 e. The molecule has 192 valence electrons. The van der Waals surface area contributed by atoms with Gasteiger partial charge >= 0.3 is 0 Å². The van der Waals surface area contributed by atoms with Gasteiger partial charge in [0, 0.05) is 42.5 Å². The van der Waals surface area contributed by atoms with Gasteiger partial charge in [-0.05, 0) is 31.9 Å². The molecule has 8 heteroatoms. The number of aliphatic hydroxyl groups is 1. The molecule has 0 spiro atoms. The molecule has 1 aromatic carbocycles. The summed E-state index contributed by atoms with van der Waals surface area (Å²) >= 11 is 0. The minimum absolute atomic E-state index is 0.0494. The van der Waals surface area contributed by atoms with E-state index in [1.54, 1.807) is 12.3 Å². The van der Waals surface area contributed by atoms with E-state index in [9.17, 15) is 9.90 Å². The molecule has 1 aliphatic heterocycles. The predicted octanol–water partition coefficient (Wildman–Crippen LogP) is 4.33. The molecule has 8 nitrogen and oxygen atoms in total. The highest BCUT2D eigenvalue weighted by atomic mass is 16.7. The topological polar surface area (TPSA) is 99.1 Å². The number of nitrogens with zero attached hydrogens (tertiary/aromatic N) is 1. The number of hydrogen-bond donors (Lipinski definition) is 2. The van der Waals surface area contributed by atoms with Gasteiger partial charge in [-0.2, -0.15) is 0 Å². The molecule has 35 heavy (non-hydrogen) atoms. The molecule has 0 saturated carbocycles. The third kappa shape index (κ3) is 6.65. The number of nitrogens with one attached hydrogen (secondary N) is 1. The summed E-state index contributed by atoms with van der Waals surface area (Å²) < 4.78 is 23.5. The number of ether oxygens (including phenoxy) is 4. The van der Waals surface area contributed by atoms with Crippen LogP contribution in [0.15, 0.2) is 42.6 Å². The van der Waals surface area contributed by atoms with E-state index in [0.717, 1.165) is 6.42 Å². The Morgan fingerprint density at radius 1 is 1.11 bits per heavy atom. The van der Waals surface area contributed by atoms with Gasteiger partial charge in [0.1, 0.15) is 11.3 Å². The Bertz CT molecular complexity index is 950. The molecule has 1 amide bonds. The molecule has 0 aliphatic carbocycles. The summed E-state index contributed by atoms with van der Waals surface area (Å²) in [6.45, 7) is 11.0. The molecule has 1 aliphatic rings. The molecule has 1 fully saturated rings. The summed E-state index contributed by atoms with van der Waals surface area (Å²) in [5.74, 6) is -0.157. The van der Waals surface area contributed by atoms with Gasteiger partial charge in [0.25, 0.3) is 0 Å². The lowest BCUT2D eigenvalue weighted by Gasteiger charge is -2.37. The van der Waals surface area contributed by atoms with Crippen molar-refractivity contribution in [1.29, 1.82) is 0 Å². The van der Waals surface area contributed by atoms with Crippen molar-refractivity contribution in [3.05, 3.63) is 59.4 Å². The van der Waals surface area contributed by atoms with Crippen molar-refractivity contribution in [2.45, 2.75) is 65.6 Å². The Hall–Kier alpha value is -2.36. The van der Waals surface area contributed by atoms with Crippen molar-refractivity contribution in [2.24, 2.45) is 5.41 Å². The van der Waals surface area contributed by atoms with E-state index in [-0.39, 0.29) is 12.3 Å². The monoisotopic (exact) mass is 486 g/mol. The van der Waals surface area contributed by atoms with Crippen LogP contribution in [0.2, 0.25) is 0 Å². The van der Waals surface area contributed by atoms with E-state index in [1.165, 1.54) is 0 Å². The highest BCUT2D eigenvalue weighted by Crippen LogP contribution is 2.38. The highest BCUT2D eigenvalue weighted by Gasteiger charge is 2.42. The first-order valence-corrected chi connectivity index (χ1v) is 12.2. The lowest BCUT2D eigenvalue weighted by atomic mass is 9.84. The second-order valence-corrected chi connectivity index (χ2v) is 9.56. The molecule has 0 radical (unpaired) electrons. The molecular formula is C27H38N2O6. The fourth-order valence-electron chi connectivity index (χ4n) is 3.91. The fourth-order valence-corrected chi connectivity index (χ4v) is 3.91. The molecule has 0 bridgehead atoms. The molecule has 2 N–H and O–H groups in total. The number of anilines is 1. The minimum atomic E-state index is -1.58. The molecule has 1 atom stereocenters. The Kier molecular flexibility index (Phi) is 9.38. The Morgan fingerprint density at radius 2 is 1.74 bits per heavy atom. The van der Waals surface area contributed by atoms with Crippen molar-refractivity contribution in [3.8, 4) is 0 Å². The van der Waals surface area contributed by atoms with Gasteiger partial charge in [-0.25, -0.2) is 0 Å².